The third kappa shape index (κ3) is 8.81. The van der Waals surface area contributed by atoms with Crippen LogP contribution in [0.2, 0.25) is 19.6 Å². The second-order valence-corrected chi connectivity index (χ2v) is 23.2. The first-order valence-corrected chi connectivity index (χ1v) is 24.4. The van der Waals surface area contributed by atoms with Crippen LogP contribution in [0.15, 0.2) is 116 Å². The van der Waals surface area contributed by atoms with E-state index in [-0.39, 0.29) is 20.1 Å². The van der Waals surface area contributed by atoms with Crippen LogP contribution in [-0.2, 0) is 32.9 Å². The molecule has 0 spiro atoms. The van der Waals surface area contributed by atoms with E-state index in [4.69, 9.17) is 4.98 Å². The number of rotatable bonds is 8. The molecule has 0 amide bonds. The Labute approximate surface area is 347 Å². The van der Waals surface area contributed by atoms with Gasteiger partial charge in [-0.1, -0.05) is 117 Å². The van der Waals surface area contributed by atoms with Crippen LogP contribution in [0, 0.1) is 35.8 Å². The first-order valence-electron chi connectivity index (χ1n) is 20.0. The molecule has 3 aromatic heterocycles. The Hall–Kier alpha value is -3.73. The quantitative estimate of drug-likeness (QED) is 0.112. The Balaban J connectivity index is 0.000000191. The van der Waals surface area contributed by atoms with Gasteiger partial charge in [-0.2, -0.15) is 11.3 Å². The van der Waals surface area contributed by atoms with Crippen LogP contribution >= 0.6 is 11.3 Å². The van der Waals surface area contributed by atoms with Gasteiger partial charge in [0, 0.05) is 37.2 Å². The molecule has 1 unspecified atom stereocenters. The Bertz CT molecular complexity index is 2350. The summed E-state index contributed by atoms with van der Waals surface area (Å²) in [5.41, 5.74) is 9.82. The van der Waals surface area contributed by atoms with Crippen molar-refractivity contribution in [3.63, 3.8) is 0 Å². The van der Waals surface area contributed by atoms with E-state index in [1.165, 1.54) is 86.1 Å². The monoisotopic (exact) mass is 933 g/mol. The molecule has 0 saturated heterocycles. The topological polar surface area (TPSA) is 25.8 Å². The summed E-state index contributed by atoms with van der Waals surface area (Å²) in [5, 5.41) is 4.15. The van der Waals surface area contributed by atoms with E-state index in [2.05, 4.69) is 142 Å². The number of fused-ring (bicyclic) bond motifs is 6. The van der Waals surface area contributed by atoms with Crippen molar-refractivity contribution >= 4 is 44.8 Å². The molecule has 55 heavy (non-hydrogen) atoms. The zero-order chi connectivity index (χ0) is 37.2. The maximum absolute atomic E-state index is 4.83. The van der Waals surface area contributed by atoms with E-state index in [0.29, 0.717) is 5.92 Å². The van der Waals surface area contributed by atoms with Crippen LogP contribution in [0.1, 0.15) is 57.1 Å². The van der Waals surface area contributed by atoms with Crippen LogP contribution in [0.25, 0.3) is 53.8 Å². The van der Waals surface area contributed by atoms with Crippen LogP contribution in [0.3, 0.4) is 0 Å². The van der Waals surface area contributed by atoms with E-state index >= 15 is 0 Å². The van der Waals surface area contributed by atoms with E-state index in [0.717, 1.165) is 46.7 Å². The van der Waals surface area contributed by atoms with E-state index in [1.807, 2.05) is 35.7 Å². The fourth-order valence-electron chi connectivity index (χ4n) is 9.13. The van der Waals surface area contributed by atoms with Gasteiger partial charge in [-0.3, -0.25) is 0 Å². The molecule has 283 valence electrons. The molecule has 2 bridgehead atoms. The van der Waals surface area contributed by atoms with Crippen molar-refractivity contribution < 1.29 is 20.1 Å². The minimum Gasteiger partial charge on any atom is -0.305 e. The zero-order valence-corrected chi connectivity index (χ0v) is 37.1. The predicted octanol–water partition coefficient (Wildman–Crippen LogP) is 13.2. The fourth-order valence-corrected chi connectivity index (χ4v) is 12.0. The van der Waals surface area contributed by atoms with Gasteiger partial charge in [-0.15, -0.1) is 59.7 Å². The average molecular weight is 933 g/mol. The molecule has 1 radical (unpaired) electrons. The van der Waals surface area contributed by atoms with Crippen LogP contribution in [0.5, 0.6) is 0 Å². The number of aromatic nitrogens is 2. The molecule has 3 heterocycles. The summed E-state index contributed by atoms with van der Waals surface area (Å²) in [7, 11) is -1.34. The molecule has 3 aliphatic rings. The number of hydrogen-bond donors (Lipinski definition) is 0. The molecule has 3 fully saturated rings. The van der Waals surface area contributed by atoms with Crippen molar-refractivity contribution in [1.82, 2.24) is 9.97 Å². The van der Waals surface area contributed by atoms with Gasteiger partial charge in [0.2, 0.25) is 0 Å². The number of thiophene rings is 1. The van der Waals surface area contributed by atoms with Crippen LogP contribution < -0.4 is 5.19 Å². The molecule has 2 nitrogen and oxygen atoms in total. The Morgan fingerprint density at radius 2 is 1.60 bits per heavy atom. The zero-order valence-electron chi connectivity index (χ0n) is 32.9. The van der Waals surface area contributed by atoms with Gasteiger partial charge in [0.05, 0.1) is 8.07 Å². The fraction of sp³-hybridized carbons (Fsp3) is 0.320. The van der Waals surface area contributed by atoms with Crippen molar-refractivity contribution in [2.45, 2.75) is 78.4 Å². The van der Waals surface area contributed by atoms with Crippen molar-refractivity contribution in [2.24, 2.45) is 23.7 Å². The first-order chi connectivity index (χ1) is 26.2. The molecular formula is C50H52IrN2SSi-2. The van der Waals surface area contributed by atoms with Crippen molar-refractivity contribution in [2.75, 3.05) is 0 Å². The van der Waals surface area contributed by atoms with Crippen LogP contribution in [-0.4, -0.2) is 18.0 Å². The van der Waals surface area contributed by atoms with Gasteiger partial charge in [-0.05, 0) is 106 Å². The van der Waals surface area contributed by atoms with Gasteiger partial charge >= 0.3 is 0 Å². The summed E-state index contributed by atoms with van der Waals surface area (Å²) in [4.78, 5) is 9.51. The Morgan fingerprint density at radius 1 is 0.800 bits per heavy atom. The largest absolute Gasteiger partial charge is 0.305 e. The number of benzene rings is 4. The van der Waals surface area contributed by atoms with Gasteiger partial charge in [0.1, 0.15) is 0 Å². The third-order valence-corrected chi connectivity index (χ3v) is 15.0. The maximum Gasteiger partial charge on any atom is 0.0798 e. The van der Waals surface area contributed by atoms with Gasteiger partial charge in [0.25, 0.3) is 0 Å². The SMILES string of the molecule is CC(C)Cc1cc(-c2[c-]cccc2)ncc1[Si](C)(C)C.[Ir].[c-]1ccc2c(sc3cccc(-c4ccccc4)c32)c1-c1cc(CC2CC3CCC2CC3)ccn1. The van der Waals surface area contributed by atoms with Gasteiger partial charge < -0.3 is 9.97 Å². The third-order valence-electron chi connectivity index (χ3n) is 11.7. The normalized spacial score (nSPS) is 17.9. The minimum absolute atomic E-state index is 0. The molecule has 7 aromatic rings. The molecule has 0 aliphatic heterocycles. The van der Waals surface area contributed by atoms with E-state index in [9.17, 15) is 0 Å². The second kappa shape index (κ2) is 17.2. The predicted molar refractivity (Wildman–Crippen MR) is 234 cm³/mol. The standard InChI is InChI=1S/C32H28NS.C18H24NSi.Ir/c1-2-6-24(7-3-1)26-8-5-11-30-31(26)28-10-4-9-27(32(28)34-30)29-20-22(16-17-33-29)19-25-18-21-12-14-23(25)15-13-21;1-14(2)11-16-12-17(15-9-7-6-8-10-15)19-13-18(16)20(3,4)5;/h1-8,10-11,16-17,20-21,23,25H,12-15,18-19H2;6-9,12-14H,11H2,1-5H3;/q2*-1;. The summed E-state index contributed by atoms with van der Waals surface area (Å²) < 4.78 is 2.62. The summed E-state index contributed by atoms with van der Waals surface area (Å²) >= 11 is 1.87. The number of pyridine rings is 2. The second-order valence-electron chi connectivity index (χ2n) is 17.1. The number of hydrogen-bond acceptors (Lipinski definition) is 3. The molecule has 5 heteroatoms. The Kier molecular flexibility index (Phi) is 12.3. The molecule has 0 N–H and O–H groups in total. The molecular weight excluding hydrogens is 881 g/mol. The number of nitrogens with zero attached hydrogens (tertiary/aromatic N) is 2. The smallest absolute Gasteiger partial charge is 0.0798 e. The molecule has 1 atom stereocenters. The molecule has 3 aliphatic carbocycles. The van der Waals surface area contributed by atoms with E-state index in [1.54, 1.807) is 0 Å². The first kappa shape index (κ1) is 39.5. The summed E-state index contributed by atoms with van der Waals surface area (Å²) in [6, 6.07) is 43.5. The summed E-state index contributed by atoms with van der Waals surface area (Å²) in [5.74, 6) is 3.45. The Morgan fingerprint density at radius 3 is 2.31 bits per heavy atom. The summed E-state index contributed by atoms with van der Waals surface area (Å²) in [6.45, 7) is 11.7. The van der Waals surface area contributed by atoms with Crippen LogP contribution in [0.4, 0.5) is 0 Å². The van der Waals surface area contributed by atoms with Crippen molar-refractivity contribution in [3.8, 4) is 33.6 Å². The average Bonchev–Trinajstić information content (AvgIpc) is 3.58. The maximum atomic E-state index is 4.83. The summed E-state index contributed by atoms with van der Waals surface area (Å²) in [6.07, 6.45) is 13.7. The molecule has 3 saturated carbocycles. The van der Waals surface area contributed by atoms with Gasteiger partial charge in [0.15, 0.2) is 0 Å². The molecule has 10 rings (SSSR count). The van der Waals surface area contributed by atoms with E-state index < -0.39 is 8.07 Å². The molecule has 4 aromatic carbocycles. The van der Waals surface area contributed by atoms with Gasteiger partial charge in [-0.25, -0.2) is 0 Å². The van der Waals surface area contributed by atoms with Crippen molar-refractivity contribution in [3.05, 3.63) is 139 Å². The van der Waals surface area contributed by atoms with Crippen molar-refractivity contribution in [1.29, 1.82) is 0 Å². The minimum atomic E-state index is -1.34.